The summed E-state index contributed by atoms with van der Waals surface area (Å²) in [6, 6.07) is 9.83. The summed E-state index contributed by atoms with van der Waals surface area (Å²) in [5, 5.41) is 8.75. The molecule has 1 amide bonds. The predicted octanol–water partition coefficient (Wildman–Crippen LogP) is 6.10. The first-order chi connectivity index (χ1) is 19.3. The van der Waals surface area contributed by atoms with Crippen LogP contribution in [0.2, 0.25) is 0 Å². The number of benzene rings is 1. The molecule has 1 aliphatic rings. The molecule has 3 aromatic heterocycles. The molecule has 5 rings (SSSR count). The Kier molecular flexibility index (Phi) is 7.37. The number of hydrogen-bond donors (Lipinski definition) is 0. The number of halogens is 3. The largest absolute Gasteiger partial charge is 0.467 e. The van der Waals surface area contributed by atoms with Crippen molar-refractivity contribution in [3.8, 4) is 28.1 Å². The highest BCUT2D eigenvalue weighted by Crippen LogP contribution is 2.38. The molecule has 9 nitrogen and oxygen atoms in total. The van der Waals surface area contributed by atoms with Crippen molar-refractivity contribution in [2.75, 3.05) is 27.0 Å². The monoisotopic (exact) mass is 569 g/mol. The van der Waals surface area contributed by atoms with Gasteiger partial charge in [0.25, 0.3) is 0 Å². The van der Waals surface area contributed by atoms with Gasteiger partial charge in [0, 0.05) is 44.1 Å². The van der Waals surface area contributed by atoms with Gasteiger partial charge in [0.15, 0.2) is 6.79 Å². The summed E-state index contributed by atoms with van der Waals surface area (Å²) < 4.78 is 59.2. The molecular weight excluding hydrogens is 539 g/mol. The van der Waals surface area contributed by atoms with Crippen LogP contribution in [0.4, 0.5) is 18.0 Å². The molecule has 1 fully saturated rings. The lowest BCUT2D eigenvalue weighted by Crippen LogP contribution is -2.50. The number of carbonyl (C=O) groups is 1. The lowest BCUT2D eigenvalue weighted by molar-refractivity contribution is -0.136. The number of aromatic nitrogens is 4. The fraction of sp³-hybridized carbons (Fsp3) is 0.379. The van der Waals surface area contributed by atoms with E-state index in [-0.39, 0.29) is 24.5 Å². The zero-order chi connectivity index (χ0) is 29.5. The molecule has 0 bridgehead atoms. The Hall–Kier alpha value is -4.19. The first kappa shape index (κ1) is 28.3. The molecule has 0 N–H and O–H groups in total. The predicted molar refractivity (Wildman–Crippen MR) is 144 cm³/mol. The van der Waals surface area contributed by atoms with E-state index in [4.69, 9.17) is 14.2 Å². The molecule has 0 unspecified atom stereocenters. The van der Waals surface area contributed by atoms with Crippen LogP contribution in [0.5, 0.6) is 5.75 Å². The number of pyridine rings is 1. The van der Waals surface area contributed by atoms with Crippen LogP contribution in [0.1, 0.15) is 43.6 Å². The fourth-order valence-corrected chi connectivity index (χ4v) is 4.59. The first-order valence-electron chi connectivity index (χ1n) is 13.0. The van der Waals surface area contributed by atoms with Crippen molar-refractivity contribution in [3.05, 3.63) is 65.7 Å². The van der Waals surface area contributed by atoms with Gasteiger partial charge in [-0.15, -0.1) is 0 Å². The molecule has 1 saturated heterocycles. The zero-order valence-electron chi connectivity index (χ0n) is 23.3. The quantitative estimate of drug-likeness (QED) is 0.259. The van der Waals surface area contributed by atoms with E-state index >= 15 is 0 Å². The van der Waals surface area contributed by atoms with E-state index in [0.29, 0.717) is 46.9 Å². The second-order valence-electron chi connectivity index (χ2n) is 10.9. The van der Waals surface area contributed by atoms with Gasteiger partial charge >= 0.3 is 12.3 Å². The third-order valence-electron chi connectivity index (χ3n) is 6.54. The molecule has 0 radical (unpaired) electrons. The van der Waals surface area contributed by atoms with E-state index in [1.165, 1.54) is 11.5 Å². The molecule has 216 valence electrons. The third-order valence-corrected chi connectivity index (χ3v) is 6.54. The molecule has 12 heteroatoms. The van der Waals surface area contributed by atoms with Gasteiger partial charge in [0.05, 0.1) is 22.6 Å². The van der Waals surface area contributed by atoms with Crippen LogP contribution in [0, 0.1) is 6.92 Å². The number of imidazole rings is 1. The van der Waals surface area contributed by atoms with Crippen molar-refractivity contribution < 1.29 is 32.2 Å². The van der Waals surface area contributed by atoms with Crippen LogP contribution >= 0.6 is 0 Å². The highest BCUT2D eigenvalue weighted by molar-refractivity contribution is 5.76. The number of amides is 1. The number of ether oxygens (including phenoxy) is 3. The minimum absolute atomic E-state index is 0.0419. The number of carbonyl (C=O) groups excluding carboxylic acids is 1. The number of fused-ring (bicyclic) bond motifs is 1. The summed E-state index contributed by atoms with van der Waals surface area (Å²) in [5.74, 6) is 0.418. The van der Waals surface area contributed by atoms with E-state index in [9.17, 15) is 18.0 Å². The normalized spacial score (nSPS) is 14.3. The standard InChI is InChI=1S/C29H30F3N5O4/c1-17-12-36-13-19(10-22(26(36)33-17)29(30,31)32)18-6-7-21(25(11-18)40-16-39-5)24-9-8-23(34-35-24)20-14-37(15-20)27(38)41-28(2,3)4/h6-13,20H,14-16H2,1-5H3. The van der Waals surface area contributed by atoms with Gasteiger partial charge in [-0.1, -0.05) is 6.07 Å². The smallest absolute Gasteiger partial charge is 0.420 e. The number of methoxy groups -OCH3 is 1. The number of aryl methyl sites for hydroxylation is 1. The Morgan fingerprint density at radius 1 is 1.02 bits per heavy atom. The molecule has 0 aliphatic carbocycles. The van der Waals surface area contributed by atoms with Crippen LogP contribution in [0.15, 0.2) is 48.8 Å². The topological polar surface area (TPSA) is 91.1 Å². The summed E-state index contributed by atoms with van der Waals surface area (Å²) in [4.78, 5) is 17.9. The van der Waals surface area contributed by atoms with E-state index in [0.717, 1.165) is 11.8 Å². The Morgan fingerprint density at radius 3 is 2.41 bits per heavy atom. The van der Waals surface area contributed by atoms with Gasteiger partial charge < -0.3 is 23.5 Å². The van der Waals surface area contributed by atoms with Gasteiger partial charge in [0.2, 0.25) is 0 Å². The third kappa shape index (κ3) is 6.12. The van der Waals surface area contributed by atoms with Crippen LogP contribution in [-0.4, -0.2) is 63.2 Å². The minimum Gasteiger partial charge on any atom is -0.467 e. The maximum Gasteiger partial charge on any atom is 0.420 e. The van der Waals surface area contributed by atoms with Crippen LogP contribution in [0.3, 0.4) is 0 Å². The second kappa shape index (κ2) is 10.7. The average molecular weight is 570 g/mol. The number of hydrogen-bond acceptors (Lipinski definition) is 7. The molecule has 0 spiro atoms. The molecular formula is C29H30F3N5O4. The van der Waals surface area contributed by atoms with Crippen molar-refractivity contribution in [2.24, 2.45) is 0 Å². The number of alkyl halides is 3. The zero-order valence-corrected chi connectivity index (χ0v) is 23.3. The second-order valence-corrected chi connectivity index (χ2v) is 10.9. The van der Waals surface area contributed by atoms with E-state index < -0.39 is 17.3 Å². The number of likely N-dealkylation sites (tertiary alicyclic amines) is 1. The van der Waals surface area contributed by atoms with Gasteiger partial charge in [-0.05, 0) is 69.2 Å². The summed E-state index contributed by atoms with van der Waals surface area (Å²) >= 11 is 0. The summed E-state index contributed by atoms with van der Waals surface area (Å²) in [7, 11) is 1.47. The van der Waals surface area contributed by atoms with Crippen LogP contribution in [-0.2, 0) is 15.7 Å². The minimum atomic E-state index is -4.58. The fourth-order valence-electron chi connectivity index (χ4n) is 4.59. The molecule has 4 heterocycles. The van der Waals surface area contributed by atoms with Gasteiger partial charge in [-0.25, -0.2) is 9.78 Å². The van der Waals surface area contributed by atoms with E-state index in [2.05, 4.69) is 15.2 Å². The molecule has 1 aliphatic heterocycles. The van der Waals surface area contributed by atoms with E-state index in [1.54, 1.807) is 48.5 Å². The maximum atomic E-state index is 13.9. The molecule has 0 atom stereocenters. The number of rotatable bonds is 6. The SMILES string of the molecule is COCOc1cc(-c2cc(C(F)(F)F)c3nc(C)cn3c2)ccc1-c1ccc(C2CN(C(=O)OC(C)(C)C)C2)nn1. The van der Waals surface area contributed by atoms with Gasteiger partial charge in [-0.3, -0.25) is 0 Å². The summed E-state index contributed by atoms with van der Waals surface area (Å²) in [6.07, 6.45) is -1.78. The lowest BCUT2D eigenvalue weighted by Gasteiger charge is -2.39. The average Bonchev–Trinajstić information content (AvgIpc) is 3.24. The lowest BCUT2D eigenvalue weighted by atomic mass is 9.96. The van der Waals surface area contributed by atoms with Gasteiger partial charge in [-0.2, -0.15) is 23.4 Å². The summed E-state index contributed by atoms with van der Waals surface area (Å²) in [6.45, 7) is 8.01. The Balaban J connectivity index is 1.41. The summed E-state index contributed by atoms with van der Waals surface area (Å²) in [5.41, 5.74) is 1.67. The number of nitrogens with zero attached hydrogens (tertiary/aromatic N) is 5. The molecule has 4 aromatic rings. The molecule has 41 heavy (non-hydrogen) atoms. The first-order valence-corrected chi connectivity index (χ1v) is 13.0. The highest BCUT2D eigenvalue weighted by atomic mass is 19.4. The van der Waals surface area contributed by atoms with Crippen molar-refractivity contribution in [2.45, 2.75) is 45.4 Å². The Morgan fingerprint density at radius 2 is 1.78 bits per heavy atom. The van der Waals surface area contributed by atoms with Crippen LogP contribution < -0.4 is 4.74 Å². The molecule has 0 saturated carbocycles. The molecule has 1 aromatic carbocycles. The van der Waals surface area contributed by atoms with E-state index in [1.807, 2.05) is 26.8 Å². The van der Waals surface area contributed by atoms with Crippen molar-refractivity contribution in [3.63, 3.8) is 0 Å². The Labute approximate surface area is 234 Å². The van der Waals surface area contributed by atoms with Crippen molar-refractivity contribution in [1.29, 1.82) is 0 Å². The van der Waals surface area contributed by atoms with Crippen LogP contribution in [0.25, 0.3) is 28.0 Å². The van der Waals surface area contributed by atoms with Crippen molar-refractivity contribution in [1.82, 2.24) is 24.5 Å². The van der Waals surface area contributed by atoms with Gasteiger partial charge in [0.1, 0.15) is 17.0 Å². The maximum absolute atomic E-state index is 13.9. The highest BCUT2D eigenvalue weighted by Gasteiger charge is 2.36. The Bertz CT molecular complexity index is 1570. The van der Waals surface area contributed by atoms with Crippen molar-refractivity contribution >= 4 is 11.7 Å².